The Morgan fingerprint density at radius 2 is 1.46 bits per heavy atom. The van der Waals surface area contributed by atoms with Crippen molar-refractivity contribution in [2.75, 3.05) is 59.6 Å². The number of rotatable bonds is 20. The zero-order valence-corrected chi connectivity index (χ0v) is 43.4. The fraction of sp³-hybridized carbons (Fsp3) is 0.397. The summed E-state index contributed by atoms with van der Waals surface area (Å²) in [5.41, 5.74) is 9.48. The lowest BCUT2D eigenvalue weighted by Gasteiger charge is -2.18. The first-order chi connectivity index (χ1) is 36.9. The molecule has 4 atom stereocenters. The summed E-state index contributed by atoms with van der Waals surface area (Å²) in [6.45, 7) is 7.79. The summed E-state index contributed by atoms with van der Waals surface area (Å²) in [6.07, 6.45) is 12.9. The van der Waals surface area contributed by atoms with E-state index < -0.39 is 17.6 Å². The molecule has 3 fully saturated rings. The number of para-hydroxylation sites is 1. The van der Waals surface area contributed by atoms with Crippen LogP contribution in [0.15, 0.2) is 116 Å². The van der Waals surface area contributed by atoms with E-state index >= 15 is 0 Å². The van der Waals surface area contributed by atoms with E-state index in [2.05, 4.69) is 30.0 Å². The topological polar surface area (TPSA) is 143 Å². The minimum absolute atomic E-state index is 0.00612. The molecule has 8 heterocycles. The monoisotopic (exact) mass is 1040 g/mol. The van der Waals surface area contributed by atoms with E-state index in [1.807, 2.05) is 103 Å². The number of methoxy groups -OCH3 is 1. The van der Waals surface area contributed by atoms with Crippen LogP contribution in [0, 0.1) is 36.3 Å². The predicted molar refractivity (Wildman–Crippen MR) is 281 cm³/mol. The van der Waals surface area contributed by atoms with Crippen LogP contribution in [-0.2, 0) is 46.0 Å². The zero-order chi connectivity index (χ0) is 52.9. The highest BCUT2D eigenvalue weighted by molar-refractivity contribution is 5.82. The highest BCUT2D eigenvalue weighted by Crippen LogP contribution is 2.38. The Labute approximate surface area is 440 Å². The number of carbonyl (C=O) groups excluding carboxylic acids is 2. The van der Waals surface area contributed by atoms with Crippen molar-refractivity contribution >= 4 is 17.2 Å². The van der Waals surface area contributed by atoms with Crippen molar-refractivity contribution in [3.05, 3.63) is 162 Å². The Morgan fingerprint density at radius 1 is 0.737 bits per heavy atom. The Kier molecular flexibility index (Phi) is 16.1. The lowest BCUT2D eigenvalue weighted by molar-refractivity contribution is -0.120. The van der Waals surface area contributed by atoms with Crippen molar-refractivity contribution < 1.29 is 32.2 Å². The van der Waals surface area contributed by atoms with E-state index in [0.717, 1.165) is 101 Å². The molecule has 76 heavy (non-hydrogen) atoms. The van der Waals surface area contributed by atoms with Crippen LogP contribution in [0.1, 0.15) is 65.6 Å². The number of fused-ring (bicyclic) bond motifs is 1. The molecule has 3 aliphatic rings. The van der Waals surface area contributed by atoms with E-state index in [4.69, 9.17) is 14.6 Å². The minimum atomic E-state index is -0.862. The molecular formula is C58H64F3N11O4. The summed E-state index contributed by atoms with van der Waals surface area (Å²) in [6, 6.07) is 25.2. The zero-order valence-electron chi connectivity index (χ0n) is 43.4. The van der Waals surface area contributed by atoms with Gasteiger partial charge in [0.15, 0.2) is 11.6 Å². The van der Waals surface area contributed by atoms with Crippen LogP contribution in [0.4, 0.5) is 13.2 Å². The van der Waals surface area contributed by atoms with Crippen molar-refractivity contribution in [1.29, 1.82) is 0 Å². The molecule has 0 unspecified atom stereocenters. The van der Waals surface area contributed by atoms with Gasteiger partial charge in [-0.3, -0.25) is 23.4 Å². The number of imidazole rings is 1. The SMILES string of the molecule is COCCN1C[C@@H](CC(=O)Cc2cc(-c3cccc4nccn34)nn2C)[C@H](c2ccc(F)c(F)c2)C1.Cc1c(-c2cnn(C)c2)nn(-c2ccccc2)c1CC(=O)C[C@@H]1CN(CCOC2CC2)C[C@H]1c1ccnc(F)c1. The third-order valence-corrected chi connectivity index (χ3v) is 15.1. The second-order valence-corrected chi connectivity index (χ2v) is 20.5. The summed E-state index contributed by atoms with van der Waals surface area (Å²) in [5, 5.41) is 13.9. The Balaban J connectivity index is 0.000000174. The van der Waals surface area contributed by atoms with Gasteiger partial charge in [-0.2, -0.15) is 19.7 Å². The number of aryl methyl sites for hydroxylation is 2. The van der Waals surface area contributed by atoms with Gasteiger partial charge in [0.2, 0.25) is 5.95 Å². The van der Waals surface area contributed by atoms with Crippen LogP contribution < -0.4 is 0 Å². The molecule has 2 saturated heterocycles. The third-order valence-electron chi connectivity index (χ3n) is 15.1. The van der Waals surface area contributed by atoms with Gasteiger partial charge in [0.05, 0.1) is 48.3 Å². The lowest BCUT2D eigenvalue weighted by atomic mass is 9.85. The molecule has 0 spiro atoms. The molecule has 2 aromatic carbocycles. The molecular weight excluding hydrogens is 972 g/mol. The Bertz CT molecular complexity index is 3290. The first-order valence-corrected chi connectivity index (χ1v) is 26.1. The van der Waals surface area contributed by atoms with Gasteiger partial charge >= 0.3 is 0 Å². The first kappa shape index (κ1) is 52.3. The second-order valence-electron chi connectivity index (χ2n) is 20.5. The number of halogens is 3. The Morgan fingerprint density at radius 3 is 2.14 bits per heavy atom. The van der Waals surface area contributed by atoms with Gasteiger partial charge < -0.3 is 19.3 Å². The number of ketones is 2. The molecule has 0 bridgehead atoms. The predicted octanol–water partition coefficient (Wildman–Crippen LogP) is 8.39. The average molecular weight is 1040 g/mol. The number of hydrogen-bond acceptors (Lipinski definition) is 11. The fourth-order valence-corrected chi connectivity index (χ4v) is 11.1. The van der Waals surface area contributed by atoms with Crippen LogP contribution >= 0.6 is 0 Å². The first-order valence-electron chi connectivity index (χ1n) is 26.1. The highest BCUT2D eigenvalue weighted by Gasteiger charge is 2.37. The maximum atomic E-state index is 14.1. The van der Waals surface area contributed by atoms with Gasteiger partial charge in [-0.1, -0.05) is 30.3 Å². The molecule has 8 aromatic rings. The second kappa shape index (κ2) is 23.4. The largest absolute Gasteiger partial charge is 0.383 e. The van der Waals surface area contributed by atoms with Gasteiger partial charge in [-0.15, -0.1) is 0 Å². The molecule has 6 aromatic heterocycles. The number of pyridine rings is 2. The van der Waals surface area contributed by atoms with Crippen molar-refractivity contribution in [3.8, 4) is 28.3 Å². The van der Waals surface area contributed by atoms with Crippen LogP contribution in [0.5, 0.6) is 0 Å². The standard InChI is InChI=1S/C31H35FN6O2.C27H29F2N5O2/c1-21-29(38(25-6-4-3-5-7-25)35-31(21)24-17-34-36(2)18-24)16-26(39)14-23-19-37(12-13-40-27-8-9-27)20-28(23)22-10-11-33-30(32)15-22;1-32-20(15-25(31-32)26-4-3-5-27-30-8-9-34(26)27)14-21(35)12-19-16-33(10-11-36-2)17-22(19)18-6-7-23(28)24(29)13-18/h3-7,10-11,15,17-18,23,27-28H,8-9,12-14,16,19-20H2,1-2H3;3-9,13,15,19,22H,10-12,14,16-17H2,1-2H3/t23-,28+;19-,22+/m11/s1. The van der Waals surface area contributed by atoms with E-state index in [-0.39, 0.29) is 48.1 Å². The fourth-order valence-electron chi connectivity index (χ4n) is 11.1. The van der Waals surface area contributed by atoms with Crippen molar-refractivity contribution in [2.45, 2.75) is 63.4 Å². The number of Topliss-reactive ketones (excluding diaryl/α,β-unsaturated/α-hetero) is 2. The van der Waals surface area contributed by atoms with Gasteiger partial charge in [0.1, 0.15) is 22.9 Å². The maximum Gasteiger partial charge on any atom is 0.213 e. The number of likely N-dealkylation sites (tertiary alicyclic amines) is 2. The summed E-state index contributed by atoms with van der Waals surface area (Å²) >= 11 is 0. The number of benzene rings is 2. The smallest absolute Gasteiger partial charge is 0.213 e. The van der Waals surface area contributed by atoms with Gasteiger partial charge in [-0.25, -0.2) is 23.4 Å². The molecule has 2 aliphatic heterocycles. The van der Waals surface area contributed by atoms with E-state index in [1.54, 1.807) is 34.9 Å². The molecule has 0 N–H and O–H groups in total. The van der Waals surface area contributed by atoms with Gasteiger partial charge in [0.25, 0.3) is 0 Å². The molecule has 0 amide bonds. The number of nitrogens with zero attached hydrogens (tertiary/aromatic N) is 11. The molecule has 0 radical (unpaired) electrons. The molecule has 396 valence electrons. The number of aromatic nitrogens is 9. The highest BCUT2D eigenvalue weighted by atomic mass is 19.2. The summed E-state index contributed by atoms with van der Waals surface area (Å²) in [4.78, 5) is 39.6. The van der Waals surface area contributed by atoms with Crippen molar-refractivity contribution in [1.82, 2.24) is 53.5 Å². The quantitative estimate of drug-likeness (QED) is 0.0680. The van der Waals surface area contributed by atoms with Crippen LogP contribution in [-0.4, -0.2) is 131 Å². The lowest BCUT2D eigenvalue weighted by Crippen LogP contribution is -2.26. The minimum Gasteiger partial charge on any atom is -0.383 e. The summed E-state index contributed by atoms with van der Waals surface area (Å²) in [5.74, 6) is -1.86. The number of hydrogen-bond donors (Lipinski definition) is 0. The van der Waals surface area contributed by atoms with Crippen LogP contribution in [0.2, 0.25) is 0 Å². The summed E-state index contributed by atoms with van der Waals surface area (Å²) < 4.78 is 60.0. The van der Waals surface area contributed by atoms with Gasteiger partial charge in [0, 0.05) is 134 Å². The van der Waals surface area contributed by atoms with E-state index in [1.165, 1.54) is 24.4 Å². The molecule has 15 nitrogen and oxygen atoms in total. The van der Waals surface area contributed by atoms with Crippen molar-refractivity contribution in [3.63, 3.8) is 0 Å². The van der Waals surface area contributed by atoms with Crippen molar-refractivity contribution in [2.24, 2.45) is 25.9 Å². The van der Waals surface area contributed by atoms with E-state index in [9.17, 15) is 22.8 Å². The molecule has 1 aliphatic carbocycles. The molecule has 11 rings (SSSR count). The third kappa shape index (κ3) is 12.3. The molecule has 18 heteroatoms. The number of ether oxygens (including phenoxy) is 2. The average Bonchev–Trinajstić information content (AvgIpc) is 4.01. The number of carbonyl (C=O) groups is 2. The molecule has 1 saturated carbocycles. The maximum absolute atomic E-state index is 14.1. The van der Waals surface area contributed by atoms with Crippen LogP contribution in [0.25, 0.3) is 34.0 Å². The van der Waals surface area contributed by atoms with Gasteiger partial charge in [-0.05, 0) is 103 Å². The normalized spacial score (nSPS) is 18.9. The van der Waals surface area contributed by atoms with Crippen LogP contribution in [0.3, 0.4) is 0 Å². The van der Waals surface area contributed by atoms with E-state index in [0.29, 0.717) is 45.2 Å². The Hall–Kier alpha value is -7.12. The summed E-state index contributed by atoms with van der Waals surface area (Å²) in [7, 11) is 5.37.